The van der Waals surface area contributed by atoms with Crippen LogP contribution in [0.2, 0.25) is 0 Å². The van der Waals surface area contributed by atoms with E-state index in [0.29, 0.717) is 0 Å². The Bertz CT molecular complexity index is 31.1. The van der Waals surface area contributed by atoms with Crippen LogP contribution in [0.15, 0.2) is 0 Å². The molecule has 0 heterocycles. The van der Waals surface area contributed by atoms with Crippen LogP contribution in [0.25, 0.3) is 0 Å². The fraction of sp³-hybridized carbons (Fsp3) is 0.500. The molecule has 5 heavy (non-hydrogen) atoms. The fourth-order valence-corrected chi connectivity index (χ4v) is 0. The third-order valence-corrected chi connectivity index (χ3v) is 0. The third kappa shape index (κ3) is 25.3. The van der Waals surface area contributed by atoms with Gasteiger partial charge in [-0.05, 0) is 0 Å². The zero-order valence-electron chi connectivity index (χ0n) is 3.33. The number of nitriles is 1. The molecule has 0 rings (SSSR count). The van der Waals surface area contributed by atoms with E-state index < -0.39 is 0 Å². The molecule has 0 saturated heterocycles. The molecule has 0 atom stereocenters. The van der Waals surface area contributed by atoms with Crippen LogP contribution in [0.3, 0.4) is 0 Å². The van der Waals surface area contributed by atoms with E-state index in [4.69, 9.17) is 5.26 Å². The fourth-order valence-electron chi connectivity index (χ4n) is 0. The Morgan fingerprint density at radius 2 is 1.60 bits per heavy atom. The number of hydrogen-bond acceptors (Lipinski definition) is 1. The summed E-state index contributed by atoms with van der Waals surface area (Å²) < 4.78 is 0. The van der Waals surface area contributed by atoms with Gasteiger partial charge in [0.1, 0.15) is 0 Å². The molecule has 0 unspecified atom stereocenters. The standard InChI is InChI=1S/C2H3N.HI.K/c1-2-3;;/h1H3;1H;/q;;+1/p-1. The second-order valence-corrected chi connectivity index (χ2v) is 0.224. The summed E-state index contributed by atoms with van der Waals surface area (Å²) in [5.74, 6) is 0. The van der Waals surface area contributed by atoms with Gasteiger partial charge in [-0.25, -0.2) is 0 Å². The van der Waals surface area contributed by atoms with Crippen molar-refractivity contribution in [1.29, 1.82) is 5.26 Å². The zero-order valence-corrected chi connectivity index (χ0v) is 8.61. The van der Waals surface area contributed by atoms with Gasteiger partial charge in [0, 0.05) is 6.92 Å². The summed E-state index contributed by atoms with van der Waals surface area (Å²) in [4.78, 5) is 0. The first-order chi connectivity index (χ1) is 1.41. The molecular formula is C2H3IKN. The van der Waals surface area contributed by atoms with E-state index in [9.17, 15) is 0 Å². The van der Waals surface area contributed by atoms with Crippen molar-refractivity contribution >= 4 is 0 Å². The van der Waals surface area contributed by atoms with E-state index in [1.165, 1.54) is 6.92 Å². The maximum Gasteiger partial charge on any atom is 1.00 e. The summed E-state index contributed by atoms with van der Waals surface area (Å²) in [6.45, 7) is 1.43. The first kappa shape index (κ1) is 15.8. The van der Waals surface area contributed by atoms with Gasteiger partial charge < -0.3 is 24.0 Å². The Morgan fingerprint density at radius 3 is 1.60 bits per heavy atom. The van der Waals surface area contributed by atoms with Gasteiger partial charge in [0.05, 0.1) is 6.07 Å². The molecule has 1 nitrogen and oxygen atoms in total. The molecule has 0 aromatic rings. The quantitative estimate of drug-likeness (QED) is 0.287. The SMILES string of the molecule is CC#N.[I-].[K+]. The molecule has 0 bridgehead atoms. The predicted molar refractivity (Wildman–Crippen MR) is 11.3 cm³/mol. The number of hydrogen-bond donors (Lipinski definition) is 0. The Kier molecular flexibility index (Phi) is 53.5. The molecule has 0 aliphatic rings. The monoisotopic (exact) mass is 207 g/mol. The maximum atomic E-state index is 7.32. The first-order valence-electron chi connectivity index (χ1n) is 0.724. The van der Waals surface area contributed by atoms with Crippen molar-refractivity contribution in [3.63, 3.8) is 0 Å². The van der Waals surface area contributed by atoms with Crippen LogP contribution in [0.5, 0.6) is 0 Å². The van der Waals surface area contributed by atoms with Crippen LogP contribution in [-0.4, -0.2) is 0 Å². The van der Waals surface area contributed by atoms with Crippen molar-refractivity contribution < 1.29 is 75.4 Å². The average Bonchev–Trinajstić information content (AvgIpc) is 0.918. The van der Waals surface area contributed by atoms with Crippen LogP contribution >= 0.6 is 0 Å². The summed E-state index contributed by atoms with van der Waals surface area (Å²) in [7, 11) is 0. The van der Waals surface area contributed by atoms with Gasteiger partial charge in [-0.15, -0.1) is 0 Å². The maximum absolute atomic E-state index is 7.32. The van der Waals surface area contributed by atoms with Crippen molar-refractivity contribution in [3.8, 4) is 6.07 Å². The van der Waals surface area contributed by atoms with E-state index in [-0.39, 0.29) is 75.4 Å². The molecule has 3 heteroatoms. The van der Waals surface area contributed by atoms with Crippen molar-refractivity contribution in [2.24, 2.45) is 0 Å². The number of nitrogens with zero attached hydrogens (tertiary/aromatic N) is 1. The topological polar surface area (TPSA) is 23.8 Å². The van der Waals surface area contributed by atoms with Gasteiger partial charge >= 0.3 is 51.4 Å². The molecule has 0 N–H and O–H groups in total. The Labute approximate surface area is 91.6 Å². The molecule has 0 aromatic carbocycles. The van der Waals surface area contributed by atoms with Gasteiger partial charge in [0.2, 0.25) is 0 Å². The van der Waals surface area contributed by atoms with Crippen LogP contribution in [0.1, 0.15) is 6.92 Å². The minimum atomic E-state index is 0. The molecule has 0 aliphatic heterocycles. The van der Waals surface area contributed by atoms with E-state index in [1.807, 2.05) is 0 Å². The van der Waals surface area contributed by atoms with E-state index >= 15 is 0 Å². The van der Waals surface area contributed by atoms with Crippen LogP contribution in [0, 0.1) is 11.3 Å². The minimum Gasteiger partial charge on any atom is -1.00 e. The predicted octanol–water partition coefficient (Wildman–Crippen LogP) is -5.46. The first-order valence-corrected chi connectivity index (χ1v) is 0.724. The van der Waals surface area contributed by atoms with Gasteiger partial charge in [-0.3, -0.25) is 0 Å². The molecular weight excluding hydrogens is 204 g/mol. The van der Waals surface area contributed by atoms with Gasteiger partial charge in [0.25, 0.3) is 0 Å². The molecule has 0 spiro atoms. The van der Waals surface area contributed by atoms with Gasteiger partial charge in [-0.1, -0.05) is 0 Å². The molecule has 0 aliphatic carbocycles. The third-order valence-electron chi connectivity index (χ3n) is 0. The smallest absolute Gasteiger partial charge is 1.00 e. The summed E-state index contributed by atoms with van der Waals surface area (Å²) in [6.07, 6.45) is 0. The van der Waals surface area contributed by atoms with E-state index in [1.54, 1.807) is 6.07 Å². The largest absolute Gasteiger partial charge is 1.00 e. The summed E-state index contributed by atoms with van der Waals surface area (Å²) in [6, 6.07) is 1.75. The zero-order chi connectivity index (χ0) is 2.71. The van der Waals surface area contributed by atoms with Crippen LogP contribution in [-0.2, 0) is 0 Å². The van der Waals surface area contributed by atoms with Crippen molar-refractivity contribution in [2.75, 3.05) is 0 Å². The average molecular weight is 207 g/mol. The molecule has 0 saturated carbocycles. The van der Waals surface area contributed by atoms with Gasteiger partial charge in [0.15, 0.2) is 0 Å². The van der Waals surface area contributed by atoms with Crippen molar-refractivity contribution in [2.45, 2.75) is 6.92 Å². The molecule has 0 amide bonds. The molecule has 0 radical (unpaired) electrons. The molecule has 24 valence electrons. The Balaban J connectivity index is -0.0000000200. The Morgan fingerprint density at radius 1 is 1.60 bits per heavy atom. The number of rotatable bonds is 0. The Hall–Kier alpha value is 1.86. The second kappa shape index (κ2) is 16.9. The number of halogens is 1. The van der Waals surface area contributed by atoms with E-state index in [0.717, 1.165) is 0 Å². The summed E-state index contributed by atoms with van der Waals surface area (Å²) in [5.41, 5.74) is 0. The van der Waals surface area contributed by atoms with Crippen LogP contribution in [0.4, 0.5) is 0 Å². The minimum absolute atomic E-state index is 0. The van der Waals surface area contributed by atoms with Crippen molar-refractivity contribution in [1.82, 2.24) is 0 Å². The van der Waals surface area contributed by atoms with Gasteiger partial charge in [-0.2, -0.15) is 5.26 Å². The van der Waals surface area contributed by atoms with Crippen molar-refractivity contribution in [3.05, 3.63) is 0 Å². The molecule has 0 fully saturated rings. The summed E-state index contributed by atoms with van der Waals surface area (Å²) >= 11 is 0. The van der Waals surface area contributed by atoms with E-state index in [2.05, 4.69) is 0 Å². The van der Waals surface area contributed by atoms with Crippen LogP contribution < -0.4 is 75.4 Å². The normalized spacial score (nSPS) is 1.60. The second-order valence-electron chi connectivity index (χ2n) is 0.224. The summed E-state index contributed by atoms with van der Waals surface area (Å²) in [5, 5.41) is 7.32. The molecule has 0 aromatic heterocycles.